The molecule has 0 aliphatic rings. The average Bonchev–Trinajstić information content (AvgIpc) is 2.95. The molecule has 2 aromatic carbocycles. The first-order valence-corrected chi connectivity index (χ1v) is 8.63. The van der Waals surface area contributed by atoms with E-state index in [1.807, 2.05) is 54.6 Å². The van der Waals surface area contributed by atoms with Gasteiger partial charge in [-0.15, -0.1) is 0 Å². The van der Waals surface area contributed by atoms with Crippen LogP contribution in [0.3, 0.4) is 0 Å². The van der Waals surface area contributed by atoms with E-state index in [-0.39, 0.29) is 5.91 Å². The number of para-hydroxylation sites is 1. The van der Waals surface area contributed by atoms with Crippen molar-refractivity contribution in [3.63, 3.8) is 0 Å². The standard InChI is InChI=1S/C20H20ClN3O2/c1-14-18(19(21)24(23-14)17-9-4-3-5-10-17)20(25)22-12-15-7-6-8-16(11-15)13-26-2/h3-11H,12-13H2,1-2H3,(H,22,25). The maximum Gasteiger partial charge on any atom is 0.256 e. The Hall–Kier alpha value is -2.63. The number of methoxy groups -OCH3 is 1. The molecular weight excluding hydrogens is 350 g/mol. The second-order valence-electron chi connectivity index (χ2n) is 5.93. The molecule has 1 heterocycles. The van der Waals surface area contributed by atoms with Gasteiger partial charge in [-0.3, -0.25) is 4.79 Å². The van der Waals surface area contributed by atoms with Crippen LogP contribution in [0.15, 0.2) is 54.6 Å². The minimum Gasteiger partial charge on any atom is -0.380 e. The number of aryl methyl sites for hydroxylation is 1. The summed E-state index contributed by atoms with van der Waals surface area (Å²) in [6, 6.07) is 17.4. The Morgan fingerprint density at radius 2 is 1.88 bits per heavy atom. The molecule has 0 aliphatic heterocycles. The minimum atomic E-state index is -0.244. The van der Waals surface area contributed by atoms with Crippen molar-refractivity contribution in [2.75, 3.05) is 7.11 Å². The fourth-order valence-corrected chi connectivity index (χ4v) is 3.12. The zero-order chi connectivity index (χ0) is 18.5. The Labute approximate surface area is 157 Å². The van der Waals surface area contributed by atoms with Crippen molar-refractivity contribution in [2.45, 2.75) is 20.1 Å². The second-order valence-corrected chi connectivity index (χ2v) is 6.29. The molecule has 26 heavy (non-hydrogen) atoms. The Morgan fingerprint density at radius 1 is 1.15 bits per heavy atom. The van der Waals surface area contributed by atoms with Gasteiger partial charge in [0.25, 0.3) is 5.91 Å². The molecule has 1 amide bonds. The lowest BCUT2D eigenvalue weighted by Crippen LogP contribution is -2.23. The van der Waals surface area contributed by atoms with Crippen molar-refractivity contribution in [3.8, 4) is 5.69 Å². The van der Waals surface area contributed by atoms with Crippen LogP contribution in [0.1, 0.15) is 27.2 Å². The number of halogens is 1. The summed E-state index contributed by atoms with van der Waals surface area (Å²) in [6.07, 6.45) is 0. The quantitative estimate of drug-likeness (QED) is 0.716. The highest BCUT2D eigenvalue weighted by Crippen LogP contribution is 2.23. The molecule has 1 aromatic heterocycles. The summed E-state index contributed by atoms with van der Waals surface area (Å²) in [6.45, 7) is 2.72. The average molecular weight is 370 g/mol. The molecule has 0 radical (unpaired) electrons. The molecule has 6 heteroatoms. The van der Waals surface area contributed by atoms with E-state index in [1.54, 1.807) is 18.7 Å². The van der Waals surface area contributed by atoms with E-state index in [0.717, 1.165) is 16.8 Å². The summed E-state index contributed by atoms with van der Waals surface area (Å²) in [5.74, 6) is -0.244. The Morgan fingerprint density at radius 3 is 2.62 bits per heavy atom. The van der Waals surface area contributed by atoms with Gasteiger partial charge < -0.3 is 10.1 Å². The van der Waals surface area contributed by atoms with Gasteiger partial charge in [0.15, 0.2) is 0 Å². The van der Waals surface area contributed by atoms with Gasteiger partial charge in [-0.25, -0.2) is 4.68 Å². The van der Waals surface area contributed by atoms with Crippen molar-refractivity contribution in [1.29, 1.82) is 0 Å². The van der Waals surface area contributed by atoms with Crippen LogP contribution in [0.2, 0.25) is 5.15 Å². The molecule has 0 fully saturated rings. The Kier molecular flexibility index (Phi) is 5.71. The lowest BCUT2D eigenvalue weighted by Gasteiger charge is -2.07. The van der Waals surface area contributed by atoms with Gasteiger partial charge >= 0.3 is 0 Å². The topological polar surface area (TPSA) is 56.1 Å². The van der Waals surface area contributed by atoms with Gasteiger partial charge in [0.05, 0.1) is 23.6 Å². The summed E-state index contributed by atoms with van der Waals surface area (Å²) < 4.78 is 6.71. The van der Waals surface area contributed by atoms with Gasteiger partial charge in [-0.1, -0.05) is 54.1 Å². The number of amides is 1. The zero-order valence-corrected chi connectivity index (χ0v) is 15.5. The molecule has 0 bridgehead atoms. The van der Waals surface area contributed by atoms with Crippen molar-refractivity contribution < 1.29 is 9.53 Å². The number of nitrogens with zero attached hydrogens (tertiary/aromatic N) is 2. The van der Waals surface area contributed by atoms with Gasteiger partial charge in [0, 0.05) is 13.7 Å². The highest BCUT2D eigenvalue weighted by Gasteiger charge is 2.20. The molecular formula is C20H20ClN3O2. The van der Waals surface area contributed by atoms with E-state index in [2.05, 4.69) is 10.4 Å². The molecule has 3 aromatic rings. The minimum absolute atomic E-state index is 0.244. The van der Waals surface area contributed by atoms with Gasteiger partial charge in [0.2, 0.25) is 0 Å². The number of carbonyl (C=O) groups excluding carboxylic acids is 1. The van der Waals surface area contributed by atoms with Crippen LogP contribution < -0.4 is 5.32 Å². The first-order chi connectivity index (χ1) is 12.6. The summed E-state index contributed by atoms with van der Waals surface area (Å²) in [5.41, 5.74) is 3.85. The summed E-state index contributed by atoms with van der Waals surface area (Å²) in [4.78, 5) is 12.6. The van der Waals surface area contributed by atoms with Crippen LogP contribution in [-0.4, -0.2) is 22.8 Å². The van der Waals surface area contributed by atoms with Gasteiger partial charge in [0.1, 0.15) is 5.15 Å². The van der Waals surface area contributed by atoms with Crippen LogP contribution in [0.25, 0.3) is 5.69 Å². The van der Waals surface area contributed by atoms with Crippen molar-refractivity contribution in [2.24, 2.45) is 0 Å². The number of hydrogen-bond acceptors (Lipinski definition) is 3. The smallest absolute Gasteiger partial charge is 0.256 e. The maximum atomic E-state index is 12.6. The maximum absolute atomic E-state index is 12.6. The van der Waals surface area contributed by atoms with E-state index in [1.165, 1.54) is 0 Å². The van der Waals surface area contributed by atoms with E-state index >= 15 is 0 Å². The number of carbonyl (C=O) groups is 1. The van der Waals surface area contributed by atoms with Crippen LogP contribution in [0.4, 0.5) is 0 Å². The van der Waals surface area contributed by atoms with Gasteiger partial charge in [-0.2, -0.15) is 5.10 Å². The molecule has 0 saturated heterocycles. The van der Waals surface area contributed by atoms with E-state index < -0.39 is 0 Å². The van der Waals surface area contributed by atoms with E-state index in [4.69, 9.17) is 16.3 Å². The molecule has 1 N–H and O–H groups in total. The fourth-order valence-electron chi connectivity index (χ4n) is 2.76. The number of hydrogen-bond donors (Lipinski definition) is 1. The lowest BCUT2D eigenvalue weighted by molar-refractivity contribution is 0.0950. The van der Waals surface area contributed by atoms with E-state index in [9.17, 15) is 4.79 Å². The molecule has 0 spiro atoms. The summed E-state index contributed by atoms with van der Waals surface area (Å²) in [7, 11) is 1.66. The number of ether oxygens (including phenoxy) is 1. The molecule has 0 unspecified atom stereocenters. The van der Waals surface area contributed by atoms with Gasteiger partial charge in [-0.05, 0) is 30.2 Å². The predicted molar refractivity (Wildman–Crippen MR) is 102 cm³/mol. The SMILES string of the molecule is COCc1cccc(CNC(=O)c2c(C)nn(-c3ccccc3)c2Cl)c1. The number of benzene rings is 2. The summed E-state index contributed by atoms with van der Waals surface area (Å²) >= 11 is 6.43. The van der Waals surface area contributed by atoms with Crippen LogP contribution in [0, 0.1) is 6.92 Å². The summed E-state index contributed by atoms with van der Waals surface area (Å²) in [5, 5.41) is 7.62. The van der Waals surface area contributed by atoms with Crippen LogP contribution in [-0.2, 0) is 17.9 Å². The monoisotopic (exact) mass is 369 g/mol. The third-order valence-electron chi connectivity index (χ3n) is 3.99. The largest absolute Gasteiger partial charge is 0.380 e. The van der Waals surface area contributed by atoms with Crippen molar-refractivity contribution in [1.82, 2.24) is 15.1 Å². The molecule has 0 saturated carbocycles. The second kappa shape index (κ2) is 8.17. The first-order valence-electron chi connectivity index (χ1n) is 8.25. The van der Waals surface area contributed by atoms with Crippen LogP contribution >= 0.6 is 11.6 Å². The Balaban J connectivity index is 1.76. The normalized spacial score (nSPS) is 10.7. The Bertz CT molecular complexity index is 907. The van der Waals surface area contributed by atoms with Crippen molar-refractivity contribution >= 4 is 17.5 Å². The molecule has 0 aliphatic carbocycles. The molecule has 0 atom stereocenters. The zero-order valence-electron chi connectivity index (χ0n) is 14.7. The first kappa shape index (κ1) is 18.2. The van der Waals surface area contributed by atoms with E-state index in [0.29, 0.717) is 29.6 Å². The molecule has 134 valence electrons. The number of rotatable bonds is 6. The highest BCUT2D eigenvalue weighted by atomic mass is 35.5. The van der Waals surface area contributed by atoms with Crippen LogP contribution in [0.5, 0.6) is 0 Å². The number of nitrogens with one attached hydrogen (secondary N) is 1. The molecule has 3 rings (SSSR count). The third-order valence-corrected chi connectivity index (χ3v) is 4.34. The van der Waals surface area contributed by atoms with Crippen molar-refractivity contribution in [3.05, 3.63) is 82.1 Å². The molecule has 5 nitrogen and oxygen atoms in total. The third kappa shape index (κ3) is 3.95. The predicted octanol–water partition coefficient (Wildman–Crippen LogP) is 3.91. The lowest BCUT2D eigenvalue weighted by atomic mass is 10.1. The number of aromatic nitrogens is 2. The fraction of sp³-hybridized carbons (Fsp3) is 0.200. The highest BCUT2D eigenvalue weighted by molar-refractivity contribution is 6.33.